The topological polar surface area (TPSA) is 106 Å². The number of benzene rings is 1. The number of thiophene rings is 1. The summed E-state index contributed by atoms with van der Waals surface area (Å²) in [7, 11) is -3.53. The molecule has 0 radical (unpaired) electrons. The molecule has 6 nitrogen and oxygen atoms in total. The van der Waals surface area contributed by atoms with Gasteiger partial charge >= 0.3 is 0 Å². The van der Waals surface area contributed by atoms with Crippen molar-refractivity contribution in [3.63, 3.8) is 0 Å². The van der Waals surface area contributed by atoms with E-state index in [0.29, 0.717) is 16.5 Å². The lowest BCUT2D eigenvalue weighted by molar-refractivity contribution is -0.115. The van der Waals surface area contributed by atoms with Gasteiger partial charge in [-0.1, -0.05) is 25.1 Å². The van der Waals surface area contributed by atoms with Gasteiger partial charge in [-0.2, -0.15) is 0 Å². The lowest BCUT2D eigenvalue weighted by Crippen LogP contribution is -2.20. The Balaban J connectivity index is 1.72. The molecule has 0 fully saturated rings. The Bertz CT molecular complexity index is 965. The van der Waals surface area contributed by atoms with Gasteiger partial charge in [0.25, 0.3) is 5.91 Å². The predicted octanol–water partition coefficient (Wildman–Crippen LogP) is 2.77. The molecule has 0 saturated heterocycles. The number of nitrogens with two attached hydrogens (primary N) is 1. The number of anilines is 1. The summed E-state index contributed by atoms with van der Waals surface area (Å²) in [5.74, 6) is -0.772. The maximum atomic E-state index is 12.3. The average molecular weight is 407 g/mol. The van der Waals surface area contributed by atoms with E-state index in [9.17, 15) is 18.0 Å². The number of rotatable bonds is 6. The van der Waals surface area contributed by atoms with Crippen LogP contribution in [0.3, 0.4) is 0 Å². The molecule has 1 aromatic carbocycles. The van der Waals surface area contributed by atoms with Crippen molar-refractivity contribution >= 4 is 38.0 Å². The predicted molar refractivity (Wildman–Crippen MR) is 106 cm³/mol. The molecule has 27 heavy (non-hydrogen) atoms. The molecule has 1 atom stereocenters. The Kier molecular flexibility index (Phi) is 5.67. The van der Waals surface area contributed by atoms with Crippen molar-refractivity contribution in [2.45, 2.75) is 37.5 Å². The van der Waals surface area contributed by atoms with Crippen LogP contribution >= 0.6 is 11.3 Å². The molecule has 2 amide bonds. The number of nitrogens with one attached hydrogen (secondary N) is 1. The molecule has 1 unspecified atom stereocenters. The van der Waals surface area contributed by atoms with Gasteiger partial charge in [0.05, 0.1) is 16.2 Å². The summed E-state index contributed by atoms with van der Waals surface area (Å²) in [6.07, 6.45) is 2.42. The third-order valence-corrected chi connectivity index (χ3v) is 7.61. The van der Waals surface area contributed by atoms with Crippen molar-refractivity contribution < 1.29 is 18.0 Å². The smallest absolute Gasteiger partial charge is 0.251 e. The number of carbonyl (C=O) groups is 2. The van der Waals surface area contributed by atoms with Crippen molar-refractivity contribution in [2.75, 3.05) is 11.1 Å². The van der Waals surface area contributed by atoms with Gasteiger partial charge in [0.15, 0.2) is 9.84 Å². The highest BCUT2D eigenvalue weighted by Gasteiger charge is 2.27. The molecule has 1 heterocycles. The average Bonchev–Trinajstić information content (AvgIpc) is 2.97. The molecule has 8 heteroatoms. The lowest BCUT2D eigenvalue weighted by Gasteiger charge is -2.18. The third-order valence-electron chi connectivity index (χ3n) is 4.71. The van der Waals surface area contributed by atoms with Gasteiger partial charge < -0.3 is 11.1 Å². The van der Waals surface area contributed by atoms with E-state index in [1.165, 1.54) is 23.5 Å². The van der Waals surface area contributed by atoms with Crippen LogP contribution in [0.5, 0.6) is 0 Å². The summed E-state index contributed by atoms with van der Waals surface area (Å²) in [4.78, 5) is 25.5. The fourth-order valence-corrected chi connectivity index (χ4v) is 5.96. The standard InChI is InChI=1S/C19H22N2O4S2/c1-12-7-8-14-15(11-12)26-19(17(14)18(20)23)21-16(22)9-10-27(24,25)13-5-3-2-4-6-13/h2-6,12H,7-11H2,1H3,(H2,20,23)(H,21,22). The SMILES string of the molecule is CC1CCc2c(sc(NC(=O)CCS(=O)(=O)c3ccccc3)c2C(N)=O)C1. The van der Waals surface area contributed by atoms with E-state index in [1.807, 2.05) is 0 Å². The van der Waals surface area contributed by atoms with Crippen LogP contribution in [0.2, 0.25) is 0 Å². The van der Waals surface area contributed by atoms with Crippen molar-refractivity contribution in [3.8, 4) is 0 Å². The minimum absolute atomic E-state index is 0.186. The summed E-state index contributed by atoms with van der Waals surface area (Å²) in [6.45, 7) is 2.15. The molecular weight excluding hydrogens is 384 g/mol. The Morgan fingerprint density at radius 3 is 2.63 bits per heavy atom. The number of hydrogen-bond acceptors (Lipinski definition) is 5. The van der Waals surface area contributed by atoms with Crippen LogP contribution in [0.1, 0.15) is 40.6 Å². The Labute approximate surface area is 162 Å². The van der Waals surface area contributed by atoms with Crippen molar-refractivity contribution in [1.82, 2.24) is 0 Å². The van der Waals surface area contributed by atoms with Crippen molar-refractivity contribution in [1.29, 1.82) is 0 Å². The first-order chi connectivity index (χ1) is 12.8. The molecule has 2 aromatic rings. The monoisotopic (exact) mass is 406 g/mol. The van der Waals surface area contributed by atoms with Gasteiger partial charge in [-0.15, -0.1) is 11.3 Å². The molecule has 0 spiro atoms. The highest BCUT2D eigenvalue weighted by Crippen LogP contribution is 2.39. The summed E-state index contributed by atoms with van der Waals surface area (Å²) in [6, 6.07) is 8.03. The van der Waals surface area contributed by atoms with Crippen LogP contribution in [0, 0.1) is 5.92 Å². The summed E-state index contributed by atoms with van der Waals surface area (Å²) in [5.41, 5.74) is 6.84. The number of sulfone groups is 1. The van der Waals surface area contributed by atoms with Crippen LogP contribution in [0.4, 0.5) is 5.00 Å². The minimum Gasteiger partial charge on any atom is -0.365 e. The molecule has 144 valence electrons. The first kappa shape index (κ1) is 19.6. The molecule has 0 aliphatic heterocycles. The molecule has 1 aliphatic rings. The van der Waals surface area contributed by atoms with Crippen molar-refractivity contribution in [2.24, 2.45) is 11.7 Å². The van der Waals surface area contributed by atoms with E-state index in [2.05, 4.69) is 12.2 Å². The van der Waals surface area contributed by atoms with Gasteiger partial charge in [0.1, 0.15) is 5.00 Å². The van der Waals surface area contributed by atoms with E-state index in [1.54, 1.807) is 18.2 Å². The number of hydrogen-bond donors (Lipinski definition) is 2. The number of primary amides is 1. The van der Waals surface area contributed by atoms with Gasteiger partial charge in [-0.3, -0.25) is 9.59 Å². The van der Waals surface area contributed by atoms with E-state index >= 15 is 0 Å². The molecule has 1 aromatic heterocycles. The maximum Gasteiger partial charge on any atom is 0.251 e. The number of amides is 2. The zero-order chi connectivity index (χ0) is 19.6. The molecular formula is C19H22N2O4S2. The Morgan fingerprint density at radius 2 is 1.96 bits per heavy atom. The number of fused-ring (bicyclic) bond motifs is 1. The zero-order valence-corrected chi connectivity index (χ0v) is 16.7. The molecule has 0 bridgehead atoms. The second-order valence-corrected chi connectivity index (χ2v) is 10.1. The third kappa shape index (κ3) is 4.39. The fraction of sp³-hybridized carbons (Fsp3) is 0.368. The minimum atomic E-state index is -3.53. The Morgan fingerprint density at radius 1 is 1.26 bits per heavy atom. The maximum absolute atomic E-state index is 12.3. The Hall–Kier alpha value is -2.19. The lowest BCUT2D eigenvalue weighted by atomic mass is 9.88. The van der Waals surface area contributed by atoms with E-state index in [0.717, 1.165) is 29.7 Å². The highest BCUT2D eigenvalue weighted by molar-refractivity contribution is 7.91. The van der Waals surface area contributed by atoms with Crippen LogP contribution in [0.15, 0.2) is 35.2 Å². The van der Waals surface area contributed by atoms with E-state index < -0.39 is 21.7 Å². The van der Waals surface area contributed by atoms with E-state index in [4.69, 9.17) is 5.73 Å². The fourth-order valence-electron chi connectivity index (χ4n) is 3.26. The van der Waals surface area contributed by atoms with Crippen LogP contribution in [-0.2, 0) is 27.5 Å². The van der Waals surface area contributed by atoms with Crippen LogP contribution in [-0.4, -0.2) is 26.0 Å². The molecule has 3 N–H and O–H groups in total. The largest absolute Gasteiger partial charge is 0.365 e. The molecule has 1 aliphatic carbocycles. The molecule has 0 saturated carbocycles. The zero-order valence-electron chi connectivity index (χ0n) is 15.0. The van der Waals surface area contributed by atoms with Gasteiger partial charge in [-0.05, 0) is 42.9 Å². The highest BCUT2D eigenvalue weighted by atomic mass is 32.2. The van der Waals surface area contributed by atoms with Crippen LogP contribution < -0.4 is 11.1 Å². The van der Waals surface area contributed by atoms with Crippen molar-refractivity contribution in [3.05, 3.63) is 46.3 Å². The summed E-state index contributed by atoms with van der Waals surface area (Å²) in [5, 5.41) is 3.14. The normalized spacial score (nSPS) is 16.6. The van der Waals surface area contributed by atoms with Crippen LogP contribution in [0.25, 0.3) is 0 Å². The number of carbonyl (C=O) groups excluding carboxylic acids is 2. The van der Waals surface area contributed by atoms with Gasteiger partial charge in [-0.25, -0.2) is 8.42 Å². The summed E-state index contributed by atoms with van der Waals surface area (Å²) >= 11 is 1.37. The van der Waals surface area contributed by atoms with Gasteiger partial charge in [0, 0.05) is 11.3 Å². The second kappa shape index (κ2) is 7.82. The second-order valence-electron chi connectivity index (χ2n) is 6.85. The van der Waals surface area contributed by atoms with E-state index in [-0.39, 0.29) is 17.1 Å². The first-order valence-corrected chi connectivity index (χ1v) is 11.3. The van der Waals surface area contributed by atoms with Gasteiger partial charge in [0.2, 0.25) is 5.91 Å². The first-order valence-electron chi connectivity index (χ1n) is 8.80. The summed E-state index contributed by atoms with van der Waals surface area (Å²) < 4.78 is 24.6. The molecule has 3 rings (SSSR count). The quantitative estimate of drug-likeness (QED) is 0.769.